The largest absolute Gasteiger partial charge is 0.494 e. The Balaban J connectivity index is 1.20. The van der Waals surface area contributed by atoms with Gasteiger partial charge in [-0.15, -0.1) is 0 Å². The molecule has 4 aromatic carbocycles. The van der Waals surface area contributed by atoms with Crippen LogP contribution in [0.2, 0.25) is 0 Å². The molecule has 1 aliphatic rings. The van der Waals surface area contributed by atoms with E-state index in [9.17, 15) is 0 Å². The number of nitrogens with zero attached hydrogens (tertiary/aromatic N) is 3. The monoisotopic (exact) mass is 733 g/mol. The molecule has 0 N–H and O–H groups in total. The lowest BCUT2D eigenvalue weighted by Crippen LogP contribution is -2.44. The molecule has 54 heavy (non-hydrogen) atoms. The highest BCUT2D eigenvalue weighted by atomic mass is 16.5. The number of hydrogen-bond donors (Lipinski definition) is 0. The van der Waals surface area contributed by atoms with Gasteiger partial charge in [0.05, 0.1) is 55.0 Å². The van der Waals surface area contributed by atoms with Gasteiger partial charge in [-0.05, 0) is 109 Å². The first-order valence-electron chi connectivity index (χ1n) is 18.3. The fourth-order valence-corrected chi connectivity index (χ4v) is 7.23. The van der Waals surface area contributed by atoms with Crippen molar-refractivity contribution in [1.82, 2.24) is 9.88 Å². The molecule has 1 saturated heterocycles. The summed E-state index contributed by atoms with van der Waals surface area (Å²) in [5.74, 6) is 4.48. The van der Waals surface area contributed by atoms with Crippen molar-refractivity contribution in [2.24, 2.45) is 0 Å². The second-order valence-electron chi connectivity index (χ2n) is 13.1. The van der Waals surface area contributed by atoms with Gasteiger partial charge in [0.15, 0.2) is 23.0 Å². The van der Waals surface area contributed by atoms with Gasteiger partial charge in [0.25, 0.3) is 0 Å². The van der Waals surface area contributed by atoms with Gasteiger partial charge < -0.3 is 38.1 Å². The van der Waals surface area contributed by atoms with Gasteiger partial charge in [-0.2, -0.15) is 0 Å². The predicted molar refractivity (Wildman–Crippen MR) is 213 cm³/mol. The Morgan fingerprint density at radius 2 is 1.22 bits per heavy atom. The predicted octanol–water partition coefficient (Wildman–Crippen LogP) is 8.54. The lowest BCUT2D eigenvalue weighted by atomic mass is 9.99. The number of pyridine rings is 1. The first-order chi connectivity index (χ1) is 26.4. The molecule has 0 amide bonds. The number of hydrogen-bond acceptors (Lipinski definition) is 10. The summed E-state index contributed by atoms with van der Waals surface area (Å²) in [4.78, 5) is 9.81. The second-order valence-corrected chi connectivity index (χ2v) is 13.1. The van der Waals surface area contributed by atoms with Crippen molar-refractivity contribution in [3.8, 4) is 62.6 Å². The maximum Gasteiger partial charge on any atom is 0.203 e. The van der Waals surface area contributed by atoms with Crippen molar-refractivity contribution in [2.45, 2.75) is 38.9 Å². The van der Waals surface area contributed by atoms with Crippen LogP contribution in [0, 0.1) is 0 Å². The van der Waals surface area contributed by atoms with E-state index in [2.05, 4.69) is 70.5 Å². The van der Waals surface area contributed by atoms with Gasteiger partial charge in [-0.3, -0.25) is 9.88 Å². The highest BCUT2D eigenvalue weighted by molar-refractivity contribution is 5.72. The lowest BCUT2D eigenvalue weighted by Gasteiger charge is -2.40. The molecule has 0 aliphatic carbocycles. The van der Waals surface area contributed by atoms with Crippen LogP contribution < -0.4 is 38.1 Å². The zero-order chi connectivity index (χ0) is 38.0. The Morgan fingerprint density at radius 3 is 1.78 bits per heavy atom. The van der Waals surface area contributed by atoms with Crippen LogP contribution in [-0.2, 0) is 13.1 Å². The average Bonchev–Trinajstić information content (AvgIpc) is 3.22. The number of piperidine rings is 1. The third-order valence-corrected chi connectivity index (χ3v) is 9.95. The van der Waals surface area contributed by atoms with Gasteiger partial charge in [0.2, 0.25) is 11.5 Å². The van der Waals surface area contributed by atoms with Crippen LogP contribution in [-0.4, -0.2) is 78.3 Å². The number of anilines is 1. The quantitative estimate of drug-likeness (QED) is 0.0984. The fourth-order valence-electron chi connectivity index (χ4n) is 7.23. The van der Waals surface area contributed by atoms with Crippen LogP contribution in [0.25, 0.3) is 22.4 Å². The molecule has 5 aromatic rings. The molecule has 1 aliphatic heterocycles. The smallest absolute Gasteiger partial charge is 0.203 e. The van der Waals surface area contributed by atoms with Crippen LogP contribution in [0.3, 0.4) is 0 Å². The van der Waals surface area contributed by atoms with Crippen molar-refractivity contribution >= 4 is 5.69 Å². The van der Waals surface area contributed by atoms with E-state index in [0.29, 0.717) is 47.1 Å². The Bertz CT molecular complexity index is 1940. The van der Waals surface area contributed by atoms with Crippen molar-refractivity contribution in [3.63, 3.8) is 0 Å². The van der Waals surface area contributed by atoms with E-state index in [1.807, 2.05) is 37.4 Å². The summed E-state index contributed by atoms with van der Waals surface area (Å²) in [7, 11) is 9.76. The average molecular weight is 734 g/mol. The van der Waals surface area contributed by atoms with E-state index in [1.165, 1.54) is 11.3 Å². The number of ether oxygens (including phenoxy) is 7. The first-order valence-corrected chi connectivity index (χ1v) is 18.3. The summed E-state index contributed by atoms with van der Waals surface area (Å²) in [5.41, 5.74) is 7.43. The summed E-state index contributed by atoms with van der Waals surface area (Å²) in [5, 5.41) is 0. The molecule has 284 valence electrons. The summed E-state index contributed by atoms with van der Waals surface area (Å²) in [6, 6.07) is 29.7. The molecular weight excluding hydrogens is 682 g/mol. The summed E-state index contributed by atoms with van der Waals surface area (Å²) >= 11 is 0. The highest BCUT2D eigenvalue weighted by Gasteiger charge is 2.26. The van der Waals surface area contributed by atoms with E-state index in [4.69, 9.17) is 38.1 Å². The van der Waals surface area contributed by atoms with Crippen LogP contribution in [0.15, 0.2) is 91.1 Å². The summed E-state index contributed by atoms with van der Waals surface area (Å²) in [6.07, 6.45) is 3.94. The number of likely N-dealkylation sites (tertiary alicyclic amines) is 1. The molecule has 10 heteroatoms. The number of rotatable bonds is 16. The van der Waals surface area contributed by atoms with E-state index >= 15 is 0 Å². The Kier molecular flexibility index (Phi) is 12.7. The maximum atomic E-state index is 5.78. The number of aromatic nitrogens is 1. The molecule has 0 radical (unpaired) electrons. The topological polar surface area (TPSA) is 84.0 Å². The minimum absolute atomic E-state index is 0.350. The van der Waals surface area contributed by atoms with E-state index in [0.717, 1.165) is 72.7 Å². The van der Waals surface area contributed by atoms with Crippen molar-refractivity contribution in [2.75, 3.05) is 67.3 Å². The molecule has 6 rings (SSSR count). The second kappa shape index (κ2) is 17.9. The van der Waals surface area contributed by atoms with Crippen molar-refractivity contribution in [3.05, 3.63) is 102 Å². The minimum atomic E-state index is 0.350. The molecule has 0 atom stereocenters. The summed E-state index contributed by atoms with van der Waals surface area (Å²) < 4.78 is 39.4. The number of methoxy groups -OCH3 is 6. The van der Waals surface area contributed by atoms with Crippen LogP contribution in [0.4, 0.5) is 5.69 Å². The van der Waals surface area contributed by atoms with Gasteiger partial charge >= 0.3 is 0 Å². The molecular formula is C44H51N3O7. The Hall–Kier alpha value is -5.61. The van der Waals surface area contributed by atoms with Crippen LogP contribution in [0.1, 0.15) is 30.9 Å². The third kappa shape index (κ3) is 8.60. The first kappa shape index (κ1) is 38.1. The van der Waals surface area contributed by atoms with Gasteiger partial charge in [0, 0.05) is 49.7 Å². The zero-order valence-electron chi connectivity index (χ0n) is 32.4. The molecule has 1 aromatic heterocycles. The fraction of sp³-hybridized carbons (Fsp3) is 0.341. The summed E-state index contributed by atoms with van der Waals surface area (Å²) in [6.45, 7) is 6.21. The van der Waals surface area contributed by atoms with E-state index in [-0.39, 0.29) is 0 Å². The lowest BCUT2D eigenvalue weighted by molar-refractivity contribution is 0.201. The third-order valence-electron chi connectivity index (χ3n) is 9.95. The number of benzene rings is 4. The SMILES string of the molecule is CCOc1ccc(N(Cc2ccnc(-c3cc(OC)c(OC)c(OC)c3)c2)C2CCN(Cc3cccc(-c4cc(OC)c(OC)c(OC)c4)c3)CC2)cc1. The maximum absolute atomic E-state index is 5.78. The van der Waals surface area contributed by atoms with Gasteiger partial charge in [0.1, 0.15) is 5.75 Å². The minimum Gasteiger partial charge on any atom is -0.494 e. The highest BCUT2D eigenvalue weighted by Crippen LogP contribution is 2.42. The van der Waals surface area contributed by atoms with Gasteiger partial charge in [-0.1, -0.05) is 18.2 Å². The van der Waals surface area contributed by atoms with Crippen molar-refractivity contribution in [1.29, 1.82) is 0 Å². The molecule has 0 saturated carbocycles. The molecule has 2 heterocycles. The molecule has 0 unspecified atom stereocenters. The van der Waals surface area contributed by atoms with E-state index < -0.39 is 0 Å². The van der Waals surface area contributed by atoms with Crippen molar-refractivity contribution < 1.29 is 33.2 Å². The normalized spacial score (nSPS) is 13.2. The Labute approximate surface area is 319 Å². The van der Waals surface area contributed by atoms with Crippen LogP contribution >= 0.6 is 0 Å². The molecule has 10 nitrogen and oxygen atoms in total. The molecule has 0 spiro atoms. The van der Waals surface area contributed by atoms with Crippen LogP contribution in [0.5, 0.6) is 40.2 Å². The van der Waals surface area contributed by atoms with Gasteiger partial charge in [-0.25, -0.2) is 0 Å². The van der Waals surface area contributed by atoms with E-state index in [1.54, 1.807) is 42.7 Å². The standard InChI is InChI=1S/C44H51N3O7/c1-8-54-37-14-12-35(13-15-37)47(29-31-16-19-45-38(23-31)34-26-41(50-4)44(53-7)42(27-34)51-5)36-17-20-46(21-18-36)28-30-10-9-11-32(22-30)33-24-39(48-2)43(52-6)40(25-33)49-3/h9-16,19,22-27,36H,8,17-18,20-21,28-29H2,1-7H3. The molecule has 1 fully saturated rings. The molecule has 0 bridgehead atoms. The zero-order valence-corrected chi connectivity index (χ0v) is 32.4. The Morgan fingerprint density at radius 1 is 0.630 bits per heavy atom.